The van der Waals surface area contributed by atoms with Crippen LogP contribution in [0.3, 0.4) is 0 Å². The molecule has 0 aliphatic heterocycles. The molecule has 2 rings (SSSR count). The molecule has 0 spiro atoms. The number of nitrogens with zero attached hydrogens (tertiary/aromatic N) is 1. The Morgan fingerprint density at radius 2 is 2.00 bits per heavy atom. The van der Waals surface area contributed by atoms with Crippen molar-refractivity contribution < 1.29 is 0 Å². The highest BCUT2D eigenvalue weighted by Gasteiger charge is 2.05. The molecule has 0 saturated carbocycles. The van der Waals surface area contributed by atoms with Crippen molar-refractivity contribution in [3.05, 3.63) is 29.0 Å². The largest absolute Gasteiger partial charge is 0.397 e. The molecule has 0 saturated heterocycles. The quantitative estimate of drug-likeness (QED) is 0.691. The van der Waals surface area contributed by atoms with Crippen molar-refractivity contribution >= 4 is 38.1 Å². The van der Waals surface area contributed by atoms with Crippen molar-refractivity contribution in [3.8, 4) is 0 Å². The van der Waals surface area contributed by atoms with Gasteiger partial charge in [0.15, 0.2) is 0 Å². The van der Waals surface area contributed by atoms with E-state index in [0.717, 1.165) is 15.2 Å². The molecule has 4 heteroatoms. The minimum absolute atomic E-state index is 0.576. The van der Waals surface area contributed by atoms with E-state index >= 15 is 0 Å². The van der Waals surface area contributed by atoms with Crippen LogP contribution in [0, 0.1) is 0 Å². The van der Waals surface area contributed by atoms with Crippen LogP contribution in [0.25, 0.3) is 10.8 Å². The Balaban J connectivity index is 2.97. The van der Waals surface area contributed by atoms with E-state index in [4.69, 9.17) is 11.5 Å². The van der Waals surface area contributed by atoms with Crippen LogP contribution >= 0.6 is 15.9 Å². The van der Waals surface area contributed by atoms with Crippen LogP contribution in [0.4, 0.5) is 11.4 Å². The van der Waals surface area contributed by atoms with Crippen LogP contribution in [0.5, 0.6) is 0 Å². The summed E-state index contributed by atoms with van der Waals surface area (Å²) in [7, 11) is 0. The molecule has 2 aromatic rings. The van der Waals surface area contributed by atoms with Gasteiger partial charge in [0.2, 0.25) is 0 Å². The third kappa shape index (κ3) is 1.23. The Hall–Kier alpha value is -1.29. The summed E-state index contributed by atoms with van der Waals surface area (Å²) in [6, 6.07) is 3.70. The summed E-state index contributed by atoms with van der Waals surface area (Å²) in [5, 5.41) is 1.91. The number of nitrogen functional groups attached to an aromatic ring is 2. The number of fused-ring (bicyclic) bond motifs is 1. The first-order valence-electron chi connectivity index (χ1n) is 3.77. The molecule has 0 aliphatic rings. The molecule has 0 amide bonds. The predicted octanol–water partition coefficient (Wildman–Crippen LogP) is 2.16. The van der Waals surface area contributed by atoms with Crippen LogP contribution in [-0.2, 0) is 0 Å². The fourth-order valence-corrected chi connectivity index (χ4v) is 1.86. The van der Waals surface area contributed by atoms with Gasteiger partial charge >= 0.3 is 0 Å². The zero-order valence-electron chi connectivity index (χ0n) is 6.79. The van der Waals surface area contributed by atoms with Crippen molar-refractivity contribution in [2.75, 3.05) is 11.5 Å². The fourth-order valence-electron chi connectivity index (χ4n) is 1.26. The fraction of sp³-hybridized carbons (Fsp3) is 0. The molecule has 0 aliphatic carbocycles. The third-order valence-corrected chi connectivity index (χ3v) is 2.62. The lowest BCUT2D eigenvalue weighted by Crippen LogP contribution is -1.96. The standard InChI is InChI=1S/C9H8BrN3/c10-7-3-8(11)9(12)6-4-13-2-1-5(6)7/h1-4H,11-12H2. The minimum Gasteiger partial charge on any atom is -0.397 e. The molecule has 1 heterocycles. The van der Waals surface area contributed by atoms with Crippen molar-refractivity contribution in [2.45, 2.75) is 0 Å². The highest BCUT2D eigenvalue weighted by molar-refractivity contribution is 9.10. The summed E-state index contributed by atoms with van der Waals surface area (Å²) in [6.45, 7) is 0. The highest BCUT2D eigenvalue weighted by Crippen LogP contribution is 2.32. The number of nitrogens with two attached hydrogens (primary N) is 2. The number of hydrogen-bond acceptors (Lipinski definition) is 3. The van der Waals surface area contributed by atoms with Gasteiger partial charge < -0.3 is 11.5 Å². The van der Waals surface area contributed by atoms with E-state index in [1.165, 1.54) is 0 Å². The molecule has 0 radical (unpaired) electrons. The number of benzene rings is 1. The van der Waals surface area contributed by atoms with E-state index < -0.39 is 0 Å². The van der Waals surface area contributed by atoms with E-state index in [0.29, 0.717) is 11.4 Å². The molecule has 0 atom stereocenters. The predicted molar refractivity (Wildman–Crippen MR) is 58.3 cm³/mol. The maximum atomic E-state index is 5.80. The first-order valence-corrected chi connectivity index (χ1v) is 4.56. The van der Waals surface area contributed by atoms with Crippen LogP contribution in [0.2, 0.25) is 0 Å². The van der Waals surface area contributed by atoms with Gasteiger partial charge in [-0.2, -0.15) is 0 Å². The van der Waals surface area contributed by atoms with Crippen LogP contribution < -0.4 is 11.5 Å². The molecule has 66 valence electrons. The van der Waals surface area contributed by atoms with E-state index in [1.54, 1.807) is 18.5 Å². The lowest BCUT2D eigenvalue weighted by molar-refractivity contribution is 1.36. The second-order valence-electron chi connectivity index (χ2n) is 2.78. The summed E-state index contributed by atoms with van der Waals surface area (Å²) < 4.78 is 0.941. The average Bonchev–Trinajstić information content (AvgIpc) is 2.15. The molecule has 13 heavy (non-hydrogen) atoms. The van der Waals surface area contributed by atoms with Gasteiger partial charge in [-0.25, -0.2) is 0 Å². The van der Waals surface area contributed by atoms with Gasteiger partial charge in [-0.15, -0.1) is 0 Å². The summed E-state index contributed by atoms with van der Waals surface area (Å²) >= 11 is 3.42. The number of hydrogen-bond donors (Lipinski definition) is 2. The van der Waals surface area contributed by atoms with Crippen LogP contribution in [0.1, 0.15) is 0 Å². The molecule has 4 N–H and O–H groups in total. The summed E-state index contributed by atoms with van der Waals surface area (Å²) in [4.78, 5) is 4.00. The Labute approximate surface area is 83.9 Å². The zero-order valence-corrected chi connectivity index (χ0v) is 8.38. The van der Waals surface area contributed by atoms with Crippen LogP contribution in [-0.4, -0.2) is 4.98 Å². The monoisotopic (exact) mass is 237 g/mol. The van der Waals surface area contributed by atoms with Gasteiger partial charge in [-0.3, -0.25) is 4.98 Å². The first kappa shape index (κ1) is 8.31. The Kier molecular flexibility index (Phi) is 1.84. The van der Waals surface area contributed by atoms with E-state index in [-0.39, 0.29) is 0 Å². The first-order chi connectivity index (χ1) is 6.20. The Morgan fingerprint density at radius 1 is 1.23 bits per heavy atom. The zero-order chi connectivity index (χ0) is 9.42. The summed E-state index contributed by atoms with van der Waals surface area (Å²) in [5.41, 5.74) is 12.7. The van der Waals surface area contributed by atoms with Gasteiger partial charge in [-0.05, 0) is 12.1 Å². The molecule has 0 bridgehead atoms. The molecular weight excluding hydrogens is 230 g/mol. The van der Waals surface area contributed by atoms with Crippen molar-refractivity contribution in [3.63, 3.8) is 0 Å². The van der Waals surface area contributed by atoms with Crippen molar-refractivity contribution in [2.24, 2.45) is 0 Å². The molecule has 1 aromatic heterocycles. The van der Waals surface area contributed by atoms with E-state index in [1.807, 2.05) is 6.07 Å². The molecule has 0 unspecified atom stereocenters. The van der Waals surface area contributed by atoms with E-state index in [9.17, 15) is 0 Å². The van der Waals surface area contributed by atoms with Crippen molar-refractivity contribution in [1.82, 2.24) is 4.98 Å². The van der Waals surface area contributed by atoms with Gasteiger partial charge in [0.25, 0.3) is 0 Å². The lowest BCUT2D eigenvalue weighted by Gasteiger charge is -2.06. The minimum atomic E-state index is 0.576. The number of pyridine rings is 1. The number of aromatic nitrogens is 1. The van der Waals surface area contributed by atoms with E-state index in [2.05, 4.69) is 20.9 Å². The molecule has 1 aromatic carbocycles. The maximum absolute atomic E-state index is 5.80. The number of halogens is 1. The van der Waals surface area contributed by atoms with Crippen molar-refractivity contribution in [1.29, 1.82) is 0 Å². The average molecular weight is 238 g/mol. The third-order valence-electron chi connectivity index (χ3n) is 1.96. The second-order valence-corrected chi connectivity index (χ2v) is 3.64. The Bertz CT molecular complexity index is 468. The Morgan fingerprint density at radius 3 is 2.77 bits per heavy atom. The topological polar surface area (TPSA) is 64.9 Å². The van der Waals surface area contributed by atoms with Gasteiger partial charge in [-0.1, -0.05) is 15.9 Å². The smallest absolute Gasteiger partial charge is 0.0643 e. The highest BCUT2D eigenvalue weighted by atomic mass is 79.9. The molecular formula is C9H8BrN3. The summed E-state index contributed by atoms with van der Waals surface area (Å²) in [5.74, 6) is 0. The number of rotatable bonds is 0. The normalized spacial score (nSPS) is 10.5. The second kappa shape index (κ2) is 2.88. The van der Waals surface area contributed by atoms with Gasteiger partial charge in [0.1, 0.15) is 0 Å². The van der Waals surface area contributed by atoms with Gasteiger partial charge in [0.05, 0.1) is 11.4 Å². The molecule has 3 nitrogen and oxygen atoms in total. The molecule has 0 fully saturated rings. The number of anilines is 2. The van der Waals surface area contributed by atoms with Crippen LogP contribution in [0.15, 0.2) is 29.0 Å². The van der Waals surface area contributed by atoms with Gasteiger partial charge in [0, 0.05) is 27.6 Å². The summed E-state index contributed by atoms with van der Waals surface area (Å²) in [6.07, 6.45) is 3.44. The SMILES string of the molecule is Nc1cc(Br)c2ccncc2c1N. The lowest BCUT2D eigenvalue weighted by atomic mass is 10.1. The maximum Gasteiger partial charge on any atom is 0.0643 e.